The highest BCUT2D eigenvalue weighted by Crippen LogP contribution is 2.21. The number of hydrogen-bond acceptors (Lipinski definition) is 5. The van der Waals surface area contributed by atoms with Crippen molar-refractivity contribution in [2.24, 2.45) is 0 Å². The zero-order chi connectivity index (χ0) is 17.6. The fourth-order valence-electron chi connectivity index (χ4n) is 1.82. The predicted octanol–water partition coefficient (Wildman–Crippen LogP) is 4.06. The van der Waals surface area contributed by atoms with Gasteiger partial charge >= 0.3 is 16.1 Å². The Labute approximate surface area is 146 Å². The first-order chi connectivity index (χ1) is 11.4. The Kier molecular flexibility index (Phi) is 6.23. The monoisotopic (exact) mass is 368 g/mol. The van der Waals surface area contributed by atoms with Crippen LogP contribution in [-0.4, -0.2) is 21.0 Å². The van der Waals surface area contributed by atoms with Crippen molar-refractivity contribution in [2.75, 3.05) is 6.61 Å². The van der Waals surface area contributed by atoms with Gasteiger partial charge in [0.1, 0.15) is 10.6 Å². The molecular formula is C17H17ClO5S. The fourth-order valence-corrected chi connectivity index (χ4v) is 2.87. The van der Waals surface area contributed by atoms with E-state index >= 15 is 0 Å². The Morgan fingerprint density at radius 1 is 1.04 bits per heavy atom. The van der Waals surface area contributed by atoms with Gasteiger partial charge in [-0.3, -0.25) is 0 Å². The Hall–Kier alpha value is -2.05. The zero-order valence-electron chi connectivity index (χ0n) is 13.1. The summed E-state index contributed by atoms with van der Waals surface area (Å²) in [4.78, 5) is 11.8. The number of esters is 1. The van der Waals surface area contributed by atoms with E-state index in [4.69, 9.17) is 20.5 Å². The molecule has 0 spiro atoms. The predicted molar refractivity (Wildman–Crippen MR) is 90.9 cm³/mol. The summed E-state index contributed by atoms with van der Waals surface area (Å²) in [6.45, 7) is 2.36. The van der Waals surface area contributed by atoms with Crippen molar-refractivity contribution in [3.63, 3.8) is 0 Å². The molecule has 0 amide bonds. The first-order valence-corrected chi connectivity index (χ1v) is 9.18. The summed E-state index contributed by atoms with van der Waals surface area (Å²) in [6, 6.07) is 11.4. The van der Waals surface area contributed by atoms with Crippen LogP contribution in [0.15, 0.2) is 53.4 Å². The molecule has 2 rings (SSSR count). The van der Waals surface area contributed by atoms with Crippen LogP contribution in [0.3, 0.4) is 0 Å². The van der Waals surface area contributed by atoms with Gasteiger partial charge in [-0.25, -0.2) is 4.79 Å². The van der Waals surface area contributed by atoms with Gasteiger partial charge < -0.3 is 8.92 Å². The van der Waals surface area contributed by atoms with Crippen molar-refractivity contribution in [1.29, 1.82) is 0 Å². The smallest absolute Gasteiger partial charge is 0.339 e. The summed E-state index contributed by atoms with van der Waals surface area (Å²) in [5, 5.41) is 0.430. The van der Waals surface area contributed by atoms with Crippen molar-refractivity contribution in [2.45, 2.75) is 24.7 Å². The lowest BCUT2D eigenvalue weighted by atomic mass is 10.2. The summed E-state index contributed by atoms with van der Waals surface area (Å²) < 4.78 is 34.4. The molecule has 7 heteroatoms. The van der Waals surface area contributed by atoms with Crippen LogP contribution in [0.1, 0.15) is 30.1 Å². The molecule has 0 saturated heterocycles. The van der Waals surface area contributed by atoms with E-state index in [0.717, 1.165) is 12.8 Å². The summed E-state index contributed by atoms with van der Waals surface area (Å²) in [5.41, 5.74) is 0.336. The highest BCUT2D eigenvalue weighted by atomic mass is 35.5. The van der Waals surface area contributed by atoms with Crippen molar-refractivity contribution < 1.29 is 22.1 Å². The number of unbranched alkanes of at least 4 members (excludes halogenated alkanes) is 1. The zero-order valence-corrected chi connectivity index (χ0v) is 14.6. The van der Waals surface area contributed by atoms with Gasteiger partial charge in [0.2, 0.25) is 0 Å². The molecule has 0 bridgehead atoms. The second-order valence-corrected chi connectivity index (χ2v) is 6.99. The number of benzene rings is 2. The van der Waals surface area contributed by atoms with E-state index in [1.165, 1.54) is 48.5 Å². The molecule has 24 heavy (non-hydrogen) atoms. The minimum absolute atomic E-state index is 0.00467. The van der Waals surface area contributed by atoms with Crippen LogP contribution in [0.4, 0.5) is 0 Å². The minimum atomic E-state index is -3.96. The number of carbonyl (C=O) groups is 1. The molecule has 0 aromatic heterocycles. The van der Waals surface area contributed by atoms with Crippen LogP contribution in [0.5, 0.6) is 5.75 Å². The summed E-state index contributed by atoms with van der Waals surface area (Å²) in [5.74, 6) is -0.342. The molecule has 5 nitrogen and oxygen atoms in total. The lowest BCUT2D eigenvalue weighted by Gasteiger charge is -2.08. The van der Waals surface area contributed by atoms with E-state index in [1.54, 1.807) is 0 Å². The van der Waals surface area contributed by atoms with Crippen LogP contribution in [0.25, 0.3) is 0 Å². The molecule has 128 valence electrons. The Morgan fingerprint density at radius 3 is 2.25 bits per heavy atom. The van der Waals surface area contributed by atoms with Crippen molar-refractivity contribution in [3.05, 3.63) is 59.1 Å². The van der Waals surface area contributed by atoms with Crippen LogP contribution < -0.4 is 4.18 Å². The molecule has 0 radical (unpaired) electrons. The second-order valence-electron chi connectivity index (χ2n) is 5.01. The Morgan fingerprint density at radius 2 is 1.67 bits per heavy atom. The number of ether oxygens (including phenoxy) is 1. The molecular weight excluding hydrogens is 352 g/mol. The Balaban J connectivity index is 2.05. The normalized spacial score (nSPS) is 11.1. The van der Waals surface area contributed by atoms with Gasteiger partial charge in [-0.05, 0) is 55.0 Å². The van der Waals surface area contributed by atoms with E-state index in [2.05, 4.69) is 0 Å². The lowest BCUT2D eigenvalue weighted by Crippen LogP contribution is -2.10. The number of carbonyl (C=O) groups excluding carboxylic acids is 1. The molecule has 2 aromatic carbocycles. The van der Waals surface area contributed by atoms with E-state index in [0.29, 0.717) is 17.2 Å². The number of rotatable bonds is 7. The third-order valence-electron chi connectivity index (χ3n) is 3.13. The van der Waals surface area contributed by atoms with Gasteiger partial charge in [-0.15, -0.1) is 0 Å². The minimum Gasteiger partial charge on any atom is -0.462 e. The third-order valence-corrected chi connectivity index (χ3v) is 4.64. The van der Waals surface area contributed by atoms with Crippen molar-refractivity contribution in [3.8, 4) is 5.75 Å². The topological polar surface area (TPSA) is 69.7 Å². The van der Waals surface area contributed by atoms with Gasteiger partial charge in [-0.2, -0.15) is 8.42 Å². The summed E-state index contributed by atoms with van der Waals surface area (Å²) >= 11 is 5.73. The molecule has 2 aromatic rings. The average molecular weight is 369 g/mol. The fraction of sp³-hybridized carbons (Fsp3) is 0.235. The first-order valence-electron chi connectivity index (χ1n) is 7.39. The third kappa shape index (κ3) is 4.97. The highest BCUT2D eigenvalue weighted by molar-refractivity contribution is 7.87. The van der Waals surface area contributed by atoms with E-state index in [9.17, 15) is 13.2 Å². The second kappa shape index (κ2) is 8.17. The van der Waals surface area contributed by atoms with Gasteiger partial charge in [0, 0.05) is 5.02 Å². The molecule has 0 aliphatic heterocycles. The average Bonchev–Trinajstić information content (AvgIpc) is 2.55. The lowest BCUT2D eigenvalue weighted by molar-refractivity contribution is 0.0499. The van der Waals surface area contributed by atoms with Gasteiger partial charge in [0.05, 0.1) is 12.2 Å². The molecule has 0 atom stereocenters. The quantitative estimate of drug-likeness (QED) is 0.418. The van der Waals surface area contributed by atoms with Gasteiger partial charge in [-0.1, -0.05) is 24.9 Å². The molecule has 0 heterocycles. The van der Waals surface area contributed by atoms with E-state index in [1.807, 2.05) is 6.92 Å². The molecule has 0 fully saturated rings. The highest BCUT2D eigenvalue weighted by Gasteiger charge is 2.17. The first kappa shape index (κ1) is 18.3. The van der Waals surface area contributed by atoms with E-state index < -0.39 is 16.1 Å². The largest absolute Gasteiger partial charge is 0.462 e. The molecule has 0 unspecified atom stereocenters. The van der Waals surface area contributed by atoms with Crippen molar-refractivity contribution in [1.82, 2.24) is 0 Å². The summed E-state index contributed by atoms with van der Waals surface area (Å²) in [7, 11) is -3.96. The SMILES string of the molecule is CCCCOC(=O)c1ccc(OS(=O)(=O)c2ccc(Cl)cc2)cc1. The van der Waals surface area contributed by atoms with Crippen LogP contribution in [0.2, 0.25) is 5.02 Å². The molecule has 0 N–H and O–H groups in total. The van der Waals surface area contributed by atoms with Crippen LogP contribution >= 0.6 is 11.6 Å². The molecule has 0 saturated carbocycles. The van der Waals surface area contributed by atoms with E-state index in [-0.39, 0.29) is 10.6 Å². The van der Waals surface area contributed by atoms with Crippen molar-refractivity contribution >= 4 is 27.7 Å². The summed E-state index contributed by atoms with van der Waals surface area (Å²) in [6.07, 6.45) is 1.73. The molecule has 0 aliphatic carbocycles. The number of hydrogen-bond donors (Lipinski definition) is 0. The van der Waals surface area contributed by atoms with Crippen LogP contribution in [-0.2, 0) is 14.9 Å². The van der Waals surface area contributed by atoms with Crippen LogP contribution in [0, 0.1) is 0 Å². The maximum Gasteiger partial charge on any atom is 0.339 e. The van der Waals surface area contributed by atoms with Gasteiger partial charge in [0.25, 0.3) is 0 Å². The maximum absolute atomic E-state index is 12.1. The van der Waals surface area contributed by atoms with Gasteiger partial charge in [0.15, 0.2) is 0 Å². The molecule has 0 aliphatic rings. The Bertz CT molecular complexity index is 783. The standard InChI is InChI=1S/C17H17ClO5S/c1-2-3-12-22-17(19)13-4-8-15(9-5-13)23-24(20,21)16-10-6-14(18)7-11-16/h4-11H,2-3,12H2,1H3. The maximum atomic E-state index is 12.1. The number of halogens is 1.